The van der Waals surface area contributed by atoms with Crippen LogP contribution in [0.2, 0.25) is 0 Å². The van der Waals surface area contributed by atoms with Gasteiger partial charge >= 0.3 is 0 Å². The van der Waals surface area contributed by atoms with Gasteiger partial charge in [0.2, 0.25) is 5.91 Å². The highest BCUT2D eigenvalue weighted by Gasteiger charge is 2.12. The zero-order valence-corrected chi connectivity index (χ0v) is 15.9. The van der Waals surface area contributed by atoms with Gasteiger partial charge in [0.15, 0.2) is 10.8 Å². The van der Waals surface area contributed by atoms with Crippen molar-refractivity contribution >= 4 is 44.9 Å². The average molecular weight is 406 g/mol. The van der Waals surface area contributed by atoms with E-state index in [0.29, 0.717) is 5.16 Å². The Morgan fingerprint density at radius 1 is 1.25 bits per heavy atom. The highest BCUT2D eigenvalue weighted by molar-refractivity contribution is 9.10. The number of nitrogens with one attached hydrogen (secondary N) is 1. The Bertz CT molecular complexity index is 924. The van der Waals surface area contributed by atoms with Crippen LogP contribution in [0.4, 0.5) is 5.69 Å². The summed E-state index contributed by atoms with van der Waals surface area (Å²) in [5, 5.41) is 11.9. The molecule has 3 rings (SSSR count). The molecule has 1 amide bonds. The lowest BCUT2D eigenvalue weighted by Crippen LogP contribution is -2.15. The Labute approximate surface area is 152 Å². The largest absolute Gasteiger partial charge is 0.325 e. The van der Waals surface area contributed by atoms with Crippen LogP contribution in [0.25, 0.3) is 5.65 Å². The fraction of sp³-hybridized carbons (Fsp3) is 0.250. The van der Waals surface area contributed by atoms with Gasteiger partial charge in [-0.2, -0.15) is 0 Å². The zero-order valence-electron chi connectivity index (χ0n) is 13.5. The van der Waals surface area contributed by atoms with Gasteiger partial charge < -0.3 is 5.32 Å². The minimum atomic E-state index is -0.0834. The van der Waals surface area contributed by atoms with Crippen molar-refractivity contribution in [1.29, 1.82) is 0 Å². The minimum absolute atomic E-state index is 0.0834. The van der Waals surface area contributed by atoms with E-state index in [9.17, 15) is 4.79 Å². The van der Waals surface area contributed by atoms with E-state index in [1.807, 2.05) is 49.4 Å². The number of aryl methyl sites for hydroxylation is 3. The summed E-state index contributed by atoms with van der Waals surface area (Å²) in [6, 6.07) is 7.62. The summed E-state index contributed by atoms with van der Waals surface area (Å²) in [5.41, 5.74) is 3.45. The van der Waals surface area contributed by atoms with Crippen molar-refractivity contribution in [3.63, 3.8) is 0 Å². The summed E-state index contributed by atoms with van der Waals surface area (Å²) in [6.07, 6.45) is 0. The number of amides is 1. The summed E-state index contributed by atoms with van der Waals surface area (Å²) >= 11 is 4.75. The number of thioether (sulfide) groups is 1. The average Bonchev–Trinajstić information content (AvgIpc) is 2.91. The van der Waals surface area contributed by atoms with E-state index < -0.39 is 0 Å². The van der Waals surface area contributed by atoms with E-state index in [0.717, 1.165) is 32.9 Å². The van der Waals surface area contributed by atoms with Crippen molar-refractivity contribution in [2.45, 2.75) is 25.9 Å². The molecule has 0 atom stereocenters. The van der Waals surface area contributed by atoms with Gasteiger partial charge in [0.25, 0.3) is 0 Å². The fourth-order valence-corrected chi connectivity index (χ4v) is 3.64. The molecule has 24 heavy (non-hydrogen) atoms. The van der Waals surface area contributed by atoms with Crippen LogP contribution in [0.1, 0.15) is 17.1 Å². The van der Waals surface area contributed by atoms with Gasteiger partial charge in [-0.1, -0.05) is 27.7 Å². The molecule has 6 nitrogen and oxygen atoms in total. The molecule has 0 saturated carbocycles. The summed E-state index contributed by atoms with van der Waals surface area (Å²) in [5.74, 6) is 0.977. The molecule has 0 saturated heterocycles. The van der Waals surface area contributed by atoms with Crippen molar-refractivity contribution in [3.05, 3.63) is 45.8 Å². The van der Waals surface area contributed by atoms with E-state index in [2.05, 4.69) is 36.4 Å². The summed E-state index contributed by atoms with van der Waals surface area (Å²) in [7, 11) is 0. The van der Waals surface area contributed by atoms with E-state index in [1.54, 1.807) is 0 Å². The second-order valence-electron chi connectivity index (χ2n) is 5.42. The summed E-state index contributed by atoms with van der Waals surface area (Å²) < 4.78 is 2.84. The number of fused-ring (bicyclic) bond motifs is 1. The quantitative estimate of drug-likeness (QED) is 0.671. The Morgan fingerprint density at radius 2 is 2.04 bits per heavy atom. The molecule has 2 heterocycles. The Balaban J connectivity index is 1.70. The van der Waals surface area contributed by atoms with E-state index in [1.165, 1.54) is 11.8 Å². The number of rotatable bonds is 4. The molecule has 0 radical (unpaired) electrons. The van der Waals surface area contributed by atoms with Gasteiger partial charge in [-0.15, -0.1) is 10.2 Å². The zero-order chi connectivity index (χ0) is 17.3. The highest BCUT2D eigenvalue weighted by atomic mass is 79.9. The smallest absolute Gasteiger partial charge is 0.234 e. The van der Waals surface area contributed by atoms with E-state index in [-0.39, 0.29) is 11.7 Å². The maximum atomic E-state index is 12.2. The number of anilines is 1. The van der Waals surface area contributed by atoms with Crippen molar-refractivity contribution in [3.8, 4) is 0 Å². The Hall–Kier alpha value is -1.93. The molecule has 1 N–H and O–H groups in total. The summed E-state index contributed by atoms with van der Waals surface area (Å²) in [4.78, 5) is 16.6. The van der Waals surface area contributed by atoms with Crippen LogP contribution in [-0.2, 0) is 4.79 Å². The molecule has 1 aromatic carbocycles. The first kappa shape index (κ1) is 16.9. The lowest BCUT2D eigenvalue weighted by molar-refractivity contribution is -0.113. The van der Waals surface area contributed by atoms with Gasteiger partial charge in [-0.25, -0.2) is 4.98 Å². The van der Waals surface area contributed by atoms with Crippen molar-refractivity contribution in [2.24, 2.45) is 0 Å². The van der Waals surface area contributed by atoms with Crippen LogP contribution in [0.3, 0.4) is 0 Å². The van der Waals surface area contributed by atoms with Crippen molar-refractivity contribution in [1.82, 2.24) is 19.6 Å². The highest BCUT2D eigenvalue weighted by Crippen LogP contribution is 2.22. The third kappa shape index (κ3) is 3.59. The van der Waals surface area contributed by atoms with Crippen molar-refractivity contribution < 1.29 is 4.79 Å². The van der Waals surface area contributed by atoms with E-state index in [4.69, 9.17) is 0 Å². The molecule has 2 aromatic heterocycles. The molecule has 3 aromatic rings. The maximum Gasteiger partial charge on any atom is 0.234 e. The molecule has 0 aliphatic carbocycles. The van der Waals surface area contributed by atoms with Crippen LogP contribution in [0.5, 0.6) is 0 Å². The maximum absolute atomic E-state index is 12.2. The number of carbonyl (C=O) groups excluding carboxylic acids is 1. The number of nitrogens with zero attached hydrogens (tertiary/aromatic N) is 4. The number of aromatic nitrogens is 4. The fourth-order valence-electron chi connectivity index (χ4n) is 2.38. The molecule has 0 fully saturated rings. The predicted molar refractivity (Wildman–Crippen MR) is 98.5 cm³/mol. The van der Waals surface area contributed by atoms with Crippen LogP contribution in [0.15, 0.2) is 33.9 Å². The lowest BCUT2D eigenvalue weighted by atomic mass is 10.2. The lowest BCUT2D eigenvalue weighted by Gasteiger charge is -2.08. The predicted octanol–water partition coefficient (Wildman–Crippen LogP) is 3.54. The molecule has 124 valence electrons. The molecular weight excluding hydrogens is 390 g/mol. The number of hydrogen-bond acceptors (Lipinski definition) is 5. The SMILES string of the molecule is Cc1cc2nnc(SCC(=O)Nc3ccc(Br)cc3C)n2c(C)n1. The normalized spacial score (nSPS) is 11.0. The molecule has 0 aliphatic heterocycles. The number of halogens is 1. The molecular formula is C16H16BrN5OS. The van der Waals surface area contributed by atoms with Crippen LogP contribution < -0.4 is 5.32 Å². The van der Waals surface area contributed by atoms with Gasteiger partial charge in [-0.05, 0) is 44.5 Å². The Kier molecular flexibility index (Phi) is 4.86. The third-order valence-corrected chi connectivity index (χ3v) is 4.88. The first-order valence-corrected chi connectivity index (χ1v) is 9.10. The molecule has 0 bridgehead atoms. The van der Waals surface area contributed by atoms with Gasteiger partial charge in [0.05, 0.1) is 5.75 Å². The number of carbonyl (C=O) groups is 1. The first-order chi connectivity index (χ1) is 11.4. The third-order valence-electron chi connectivity index (χ3n) is 3.45. The van der Waals surface area contributed by atoms with Gasteiger partial charge in [0, 0.05) is 21.9 Å². The van der Waals surface area contributed by atoms with Gasteiger partial charge in [-0.3, -0.25) is 9.20 Å². The number of benzene rings is 1. The summed E-state index contributed by atoms with van der Waals surface area (Å²) in [6.45, 7) is 5.78. The molecule has 0 unspecified atom stereocenters. The first-order valence-electron chi connectivity index (χ1n) is 7.32. The molecule has 0 spiro atoms. The standard InChI is InChI=1S/C16H16BrN5OS/c1-9-6-12(17)4-5-13(9)19-15(23)8-24-16-21-20-14-7-10(2)18-11(3)22(14)16/h4-7H,8H2,1-3H3,(H,19,23). The molecule has 0 aliphatic rings. The monoisotopic (exact) mass is 405 g/mol. The second kappa shape index (κ2) is 6.90. The minimum Gasteiger partial charge on any atom is -0.325 e. The van der Waals surface area contributed by atoms with Gasteiger partial charge in [0.1, 0.15) is 5.82 Å². The molecule has 8 heteroatoms. The Morgan fingerprint density at radius 3 is 2.79 bits per heavy atom. The topological polar surface area (TPSA) is 72.2 Å². The number of hydrogen-bond donors (Lipinski definition) is 1. The van der Waals surface area contributed by atoms with Crippen LogP contribution in [0, 0.1) is 20.8 Å². The van der Waals surface area contributed by atoms with E-state index >= 15 is 0 Å². The van der Waals surface area contributed by atoms with Crippen molar-refractivity contribution in [2.75, 3.05) is 11.1 Å². The van der Waals surface area contributed by atoms with Crippen LogP contribution in [-0.4, -0.2) is 31.2 Å². The van der Waals surface area contributed by atoms with Crippen LogP contribution >= 0.6 is 27.7 Å². The second-order valence-corrected chi connectivity index (χ2v) is 7.28.